The van der Waals surface area contributed by atoms with Gasteiger partial charge in [-0.1, -0.05) is 12.1 Å². The van der Waals surface area contributed by atoms with Gasteiger partial charge in [0.25, 0.3) is 5.56 Å². The minimum absolute atomic E-state index is 0.0574. The van der Waals surface area contributed by atoms with Crippen molar-refractivity contribution in [2.75, 3.05) is 57.1 Å². The number of ketones is 1. The maximum absolute atomic E-state index is 12.1. The van der Waals surface area contributed by atoms with Crippen molar-refractivity contribution in [1.82, 2.24) is 14.0 Å². The average Bonchev–Trinajstić information content (AvgIpc) is 2.71. The fraction of sp³-hybridized carbons (Fsp3) is 0.476. The van der Waals surface area contributed by atoms with E-state index in [2.05, 4.69) is 9.80 Å². The van der Waals surface area contributed by atoms with Crippen LogP contribution in [0.25, 0.3) is 0 Å². The number of rotatable bonds is 9. The first-order valence-corrected chi connectivity index (χ1v) is 9.61. The molecule has 1 aromatic carbocycles. The van der Waals surface area contributed by atoms with E-state index in [9.17, 15) is 14.4 Å². The molecule has 158 valence electrons. The molecule has 0 aliphatic carbocycles. The molecule has 0 N–H and O–H groups in total. The van der Waals surface area contributed by atoms with Crippen LogP contribution in [-0.4, -0.2) is 67.1 Å². The van der Waals surface area contributed by atoms with Crippen LogP contribution in [0.1, 0.15) is 17.3 Å². The normalized spacial score (nSPS) is 11.0. The van der Waals surface area contributed by atoms with Gasteiger partial charge in [0, 0.05) is 71.7 Å². The lowest BCUT2D eigenvalue weighted by atomic mass is 10.1. The third-order valence-electron chi connectivity index (χ3n) is 5.22. The molecule has 8 heteroatoms. The van der Waals surface area contributed by atoms with E-state index in [-0.39, 0.29) is 17.0 Å². The van der Waals surface area contributed by atoms with Crippen molar-refractivity contribution in [3.05, 3.63) is 56.7 Å². The fourth-order valence-corrected chi connectivity index (χ4v) is 3.18. The summed E-state index contributed by atoms with van der Waals surface area (Å²) in [6.07, 6.45) is 0. The van der Waals surface area contributed by atoms with Gasteiger partial charge in [0.05, 0.1) is 0 Å². The standard InChI is InChI=1S/C21H31N5O3/c1-16(27)17-9-7-8-10-18(17)23(3)13-11-22(2)12-14-24(4)19-15-20(28)26(6)21(29)25(19)5/h7-10,15H,11-14H2,1-6H3. The number of para-hydroxylation sites is 1. The van der Waals surface area contributed by atoms with Crippen molar-refractivity contribution in [2.45, 2.75) is 6.92 Å². The lowest BCUT2D eigenvalue weighted by molar-refractivity contribution is 0.101. The number of hydrogen-bond donors (Lipinski definition) is 0. The van der Waals surface area contributed by atoms with Gasteiger partial charge < -0.3 is 14.7 Å². The molecule has 2 rings (SSSR count). The number of carbonyl (C=O) groups excluding carboxylic acids is 1. The van der Waals surface area contributed by atoms with Crippen molar-refractivity contribution in [3.8, 4) is 0 Å². The molecule has 1 aromatic heterocycles. The highest BCUT2D eigenvalue weighted by atomic mass is 16.2. The number of nitrogens with zero attached hydrogens (tertiary/aromatic N) is 5. The molecule has 0 saturated heterocycles. The lowest BCUT2D eigenvalue weighted by Crippen LogP contribution is -2.41. The monoisotopic (exact) mass is 401 g/mol. The van der Waals surface area contributed by atoms with Gasteiger partial charge >= 0.3 is 5.69 Å². The van der Waals surface area contributed by atoms with E-state index >= 15 is 0 Å². The third-order valence-corrected chi connectivity index (χ3v) is 5.22. The van der Waals surface area contributed by atoms with E-state index in [1.807, 2.05) is 50.3 Å². The highest BCUT2D eigenvalue weighted by molar-refractivity contribution is 5.99. The zero-order valence-corrected chi connectivity index (χ0v) is 18.2. The summed E-state index contributed by atoms with van der Waals surface area (Å²) < 4.78 is 2.58. The minimum Gasteiger partial charge on any atom is -0.373 e. The smallest absolute Gasteiger partial charge is 0.332 e. The molecule has 8 nitrogen and oxygen atoms in total. The highest BCUT2D eigenvalue weighted by Gasteiger charge is 2.13. The second kappa shape index (κ2) is 9.56. The number of benzene rings is 1. The van der Waals surface area contributed by atoms with Crippen LogP contribution in [-0.2, 0) is 14.1 Å². The predicted molar refractivity (Wildman–Crippen MR) is 117 cm³/mol. The zero-order valence-electron chi connectivity index (χ0n) is 18.2. The summed E-state index contributed by atoms with van der Waals surface area (Å²) in [4.78, 5) is 42.0. The molecule has 0 aliphatic rings. The first-order chi connectivity index (χ1) is 13.6. The second-order valence-corrected chi connectivity index (χ2v) is 7.46. The summed E-state index contributed by atoms with van der Waals surface area (Å²) in [6.45, 7) is 4.60. The van der Waals surface area contributed by atoms with Crippen LogP contribution in [0, 0.1) is 0 Å². The largest absolute Gasteiger partial charge is 0.373 e. The molecule has 0 unspecified atom stereocenters. The van der Waals surface area contributed by atoms with Crippen molar-refractivity contribution in [1.29, 1.82) is 0 Å². The number of Topliss-reactive ketones (excluding diaryl/α,β-unsaturated/α-hetero) is 1. The van der Waals surface area contributed by atoms with Crippen LogP contribution in [0.3, 0.4) is 0 Å². The average molecular weight is 402 g/mol. The van der Waals surface area contributed by atoms with E-state index in [0.717, 1.165) is 35.5 Å². The van der Waals surface area contributed by atoms with Crippen molar-refractivity contribution >= 4 is 17.3 Å². The Morgan fingerprint density at radius 2 is 1.48 bits per heavy atom. The van der Waals surface area contributed by atoms with E-state index in [0.29, 0.717) is 12.4 Å². The molecule has 0 spiro atoms. The van der Waals surface area contributed by atoms with E-state index in [4.69, 9.17) is 0 Å². The summed E-state index contributed by atoms with van der Waals surface area (Å²) in [5.74, 6) is 0.654. The number of anilines is 2. The van der Waals surface area contributed by atoms with Gasteiger partial charge in [-0.3, -0.25) is 18.7 Å². The SMILES string of the molecule is CC(=O)c1ccccc1N(C)CCN(C)CCN(C)c1cc(=O)n(C)c(=O)n1C. The topological polar surface area (TPSA) is 70.8 Å². The molecule has 0 aliphatic heterocycles. The number of hydrogen-bond acceptors (Lipinski definition) is 6. The van der Waals surface area contributed by atoms with Crippen LogP contribution in [0.15, 0.2) is 39.9 Å². The number of likely N-dealkylation sites (N-methyl/N-ethyl adjacent to an activating group) is 3. The second-order valence-electron chi connectivity index (χ2n) is 7.46. The van der Waals surface area contributed by atoms with Gasteiger partial charge in [0.2, 0.25) is 0 Å². The number of aromatic nitrogens is 2. The molecule has 0 bridgehead atoms. The molecular weight excluding hydrogens is 370 g/mol. The molecular formula is C21H31N5O3. The van der Waals surface area contributed by atoms with Crippen LogP contribution in [0.2, 0.25) is 0 Å². The Morgan fingerprint density at radius 3 is 2.10 bits per heavy atom. The van der Waals surface area contributed by atoms with Crippen molar-refractivity contribution < 1.29 is 4.79 Å². The Labute approximate surface area is 171 Å². The van der Waals surface area contributed by atoms with Crippen LogP contribution >= 0.6 is 0 Å². The maximum atomic E-state index is 12.1. The van der Waals surface area contributed by atoms with Crippen molar-refractivity contribution in [3.63, 3.8) is 0 Å². The molecule has 0 fully saturated rings. The summed E-state index contributed by atoms with van der Waals surface area (Å²) in [5.41, 5.74) is 1.01. The Kier molecular flexibility index (Phi) is 7.39. The van der Waals surface area contributed by atoms with Crippen LogP contribution in [0.4, 0.5) is 11.5 Å². The first-order valence-electron chi connectivity index (χ1n) is 9.61. The van der Waals surface area contributed by atoms with Gasteiger partial charge in [-0.25, -0.2) is 4.79 Å². The Hall–Kier alpha value is -2.87. The summed E-state index contributed by atoms with van der Waals surface area (Å²) in [5, 5.41) is 0. The van der Waals surface area contributed by atoms with Crippen LogP contribution in [0.5, 0.6) is 0 Å². The molecule has 29 heavy (non-hydrogen) atoms. The summed E-state index contributed by atoms with van der Waals surface area (Å²) in [7, 11) is 9.03. The Bertz CT molecular complexity index is 979. The molecule has 1 heterocycles. The van der Waals surface area contributed by atoms with E-state index in [1.54, 1.807) is 14.0 Å². The minimum atomic E-state index is -0.335. The maximum Gasteiger partial charge on any atom is 0.332 e. The lowest BCUT2D eigenvalue weighted by Gasteiger charge is -2.27. The van der Waals surface area contributed by atoms with Gasteiger partial charge in [0.1, 0.15) is 5.82 Å². The summed E-state index contributed by atoms with van der Waals surface area (Å²) >= 11 is 0. The fourth-order valence-electron chi connectivity index (χ4n) is 3.18. The van der Waals surface area contributed by atoms with E-state index in [1.165, 1.54) is 17.7 Å². The Morgan fingerprint density at radius 1 is 0.897 bits per heavy atom. The van der Waals surface area contributed by atoms with Gasteiger partial charge in [0.15, 0.2) is 5.78 Å². The quantitative estimate of drug-likeness (QED) is 0.579. The summed E-state index contributed by atoms with van der Waals surface area (Å²) in [6, 6.07) is 9.10. The molecule has 0 amide bonds. The zero-order chi connectivity index (χ0) is 21.7. The van der Waals surface area contributed by atoms with Gasteiger partial charge in [-0.2, -0.15) is 0 Å². The van der Waals surface area contributed by atoms with Gasteiger partial charge in [-0.15, -0.1) is 0 Å². The predicted octanol–water partition coefficient (Wildman–Crippen LogP) is 0.791. The molecule has 0 atom stereocenters. The van der Waals surface area contributed by atoms with E-state index < -0.39 is 0 Å². The van der Waals surface area contributed by atoms with Gasteiger partial charge in [-0.05, 0) is 26.1 Å². The molecule has 2 aromatic rings. The molecule has 0 radical (unpaired) electrons. The third kappa shape index (κ3) is 5.35. The molecule has 0 saturated carbocycles. The number of carbonyl (C=O) groups is 1. The first kappa shape index (κ1) is 22.4. The highest BCUT2D eigenvalue weighted by Crippen LogP contribution is 2.19. The van der Waals surface area contributed by atoms with Crippen molar-refractivity contribution in [2.24, 2.45) is 14.1 Å². The Balaban J connectivity index is 1.94. The van der Waals surface area contributed by atoms with Crippen LogP contribution < -0.4 is 21.0 Å².